The summed E-state index contributed by atoms with van der Waals surface area (Å²) in [6.07, 6.45) is -1.07. The van der Waals surface area contributed by atoms with Crippen molar-refractivity contribution in [1.82, 2.24) is 9.46 Å². The smallest absolute Gasteiger partial charge is 0.248 e. The molecule has 0 aliphatic heterocycles. The molecule has 2 rings (SSSR count). The van der Waals surface area contributed by atoms with Crippen LogP contribution in [0.3, 0.4) is 0 Å². The van der Waals surface area contributed by atoms with Crippen LogP contribution >= 0.6 is 0 Å². The van der Waals surface area contributed by atoms with Crippen LogP contribution < -0.4 is 0 Å². The van der Waals surface area contributed by atoms with Gasteiger partial charge in [-0.1, -0.05) is 11.2 Å². The summed E-state index contributed by atoms with van der Waals surface area (Å²) < 4.78 is 44.3. The van der Waals surface area contributed by atoms with Crippen molar-refractivity contribution in [1.29, 1.82) is 0 Å². The van der Waals surface area contributed by atoms with Crippen molar-refractivity contribution in [3.05, 3.63) is 46.6 Å². The molecule has 1 atom stereocenters. The Hall–Kier alpha value is -1.77. The minimum atomic E-state index is -3.84. The molecule has 0 amide bonds. The van der Waals surface area contributed by atoms with Gasteiger partial charge in [0, 0.05) is 13.6 Å². The second kappa shape index (κ2) is 6.38. The van der Waals surface area contributed by atoms with E-state index in [0.717, 1.165) is 4.31 Å². The number of nitrogens with zero attached hydrogens (tertiary/aromatic N) is 2. The van der Waals surface area contributed by atoms with Crippen molar-refractivity contribution in [2.24, 2.45) is 0 Å². The van der Waals surface area contributed by atoms with Crippen LogP contribution in [0.25, 0.3) is 0 Å². The lowest BCUT2D eigenvalue weighted by atomic mass is 10.0. The first-order valence-corrected chi connectivity index (χ1v) is 8.42. The van der Waals surface area contributed by atoms with Gasteiger partial charge in [-0.2, -0.15) is 4.31 Å². The van der Waals surface area contributed by atoms with E-state index >= 15 is 0 Å². The highest BCUT2D eigenvalue weighted by Gasteiger charge is 2.30. The molecule has 1 unspecified atom stereocenters. The van der Waals surface area contributed by atoms with E-state index in [2.05, 4.69) is 5.16 Å². The molecule has 0 saturated heterocycles. The minimum Gasteiger partial charge on any atom is -0.387 e. The summed E-state index contributed by atoms with van der Waals surface area (Å²) in [4.78, 5) is 0.00280. The maximum absolute atomic E-state index is 13.1. The molecule has 0 radical (unpaired) electrons. The summed E-state index contributed by atoms with van der Waals surface area (Å²) in [5.74, 6) is -0.211. The van der Waals surface area contributed by atoms with Crippen LogP contribution in [0.2, 0.25) is 0 Å². The molecule has 8 heteroatoms. The van der Waals surface area contributed by atoms with E-state index in [0.29, 0.717) is 11.1 Å². The average Bonchev–Trinajstić information content (AvgIpc) is 2.78. The normalized spacial score (nSPS) is 13.5. The van der Waals surface area contributed by atoms with E-state index in [1.807, 2.05) is 0 Å². The molecule has 2 aromatic rings. The third-order valence-electron chi connectivity index (χ3n) is 3.66. The van der Waals surface area contributed by atoms with Crippen molar-refractivity contribution in [3.8, 4) is 0 Å². The molecule has 0 spiro atoms. The van der Waals surface area contributed by atoms with Gasteiger partial charge in [0.05, 0.1) is 6.10 Å². The lowest BCUT2D eigenvalue weighted by Crippen LogP contribution is -2.32. The van der Waals surface area contributed by atoms with Gasteiger partial charge in [0.2, 0.25) is 10.0 Å². The number of aromatic nitrogens is 1. The molecule has 1 heterocycles. The number of sulfonamides is 1. The molecule has 0 saturated carbocycles. The molecule has 23 heavy (non-hydrogen) atoms. The quantitative estimate of drug-likeness (QED) is 0.899. The van der Waals surface area contributed by atoms with E-state index < -0.39 is 21.9 Å². The number of benzene rings is 1. The molecule has 126 valence electrons. The van der Waals surface area contributed by atoms with Crippen LogP contribution in [0.4, 0.5) is 4.39 Å². The van der Waals surface area contributed by atoms with Gasteiger partial charge in [-0.3, -0.25) is 0 Å². The Labute approximate surface area is 134 Å². The number of hydrogen-bond donors (Lipinski definition) is 1. The van der Waals surface area contributed by atoms with Crippen molar-refractivity contribution in [3.63, 3.8) is 0 Å². The SMILES string of the molecule is Cc1cc(F)ccc1C(O)CN(C)S(=O)(=O)c1c(C)noc1C. The van der Waals surface area contributed by atoms with Crippen LogP contribution in [0.1, 0.15) is 28.7 Å². The zero-order chi connectivity index (χ0) is 17.4. The van der Waals surface area contributed by atoms with E-state index in [-0.39, 0.29) is 22.9 Å². The highest BCUT2D eigenvalue weighted by atomic mass is 32.2. The number of likely N-dealkylation sites (N-methyl/N-ethyl adjacent to an activating group) is 1. The summed E-state index contributed by atoms with van der Waals surface area (Å²) in [6.45, 7) is 4.54. The molecule has 6 nitrogen and oxygen atoms in total. The van der Waals surface area contributed by atoms with Crippen LogP contribution in [-0.4, -0.2) is 36.6 Å². The Bertz CT molecular complexity index is 797. The first kappa shape index (κ1) is 17.6. The molecule has 1 aromatic heterocycles. The fourth-order valence-corrected chi connectivity index (χ4v) is 3.91. The fourth-order valence-electron chi connectivity index (χ4n) is 2.45. The van der Waals surface area contributed by atoms with Crippen LogP contribution in [0.5, 0.6) is 0 Å². The van der Waals surface area contributed by atoms with Gasteiger partial charge in [0.25, 0.3) is 0 Å². The standard InChI is InChI=1S/C15H19FN2O4S/c1-9-7-12(16)5-6-13(9)14(19)8-18(4)23(20,21)15-10(2)17-22-11(15)3/h5-7,14,19H,8H2,1-4H3. The topological polar surface area (TPSA) is 83.6 Å². The second-order valence-corrected chi connectivity index (χ2v) is 7.44. The Morgan fingerprint density at radius 1 is 1.35 bits per heavy atom. The number of hydrogen-bond acceptors (Lipinski definition) is 5. The number of aryl methyl sites for hydroxylation is 3. The lowest BCUT2D eigenvalue weighted by molar-refractivity contribution is 0.154. The van der Waals surface area contributed by atoms with E-state index in [1.165, 1.54) is 39.1 Å². The molecule has 0 aliphatic rings. The van der Waals surface area contributed by atoms with Gasteiger partial charge in [-0.05, 0) is 44.0 Å². The zero-order valence-electron chi connectivity index (χ0n) is 13.4. The van der Waals surface area contributed by atoms with E-state index in [4.69, 9.17) is 4.52 Å². The molecule has 1 aromatic carbocycles. The maximum Gasteiger partial charge on any atom is 0.248 e. The average molecular weight is 342 g/mol. The van der Waals surface area contributed by atoms with Gasteiger partial charge in [0.1, 0.15) is 16.4 Å². The largest absolute Gasteiger partial charge is 0.387 e. The van der Waals surface area contributed by atoms with Crippen LogP contribution in [-0.2, 0) is 10.0 Å². The van der Waals surface area contributed by atoms with Crippen molar-refractivity contribution in [2.75, 3.05) is 13.6 Å². The predicted molar refractivity (Wildman–Crippen MR) is 81.9 cm³/mol. The monoisotopic (exact) mass is 342 g/mol. The van der Waals surface area contributed by atoms with E-state index in [1.54, 1.807) is 6.92 Å². The van der Waals surface area contributed by atoms with Gasteiger partial charge in [0.15, 0.2) is 5.76 Å². The molecular formula is C15H19FN2O4S. The second-order valence-electron chi connectivity index (χ2n) is 5.46. The zero-order valence-corrected chi connectivity index (χ0v) is 14.2. The fraction of sp³-hybridized carbons (Fsp3) is 0.400. The molecule has 1 N–H and O–H groups in total. The molecule has 0 aliphatic carbocycles. The number of rotatable bonds is 5. The number of aliphatic hydroxyl groups excluding tert-OH is 1. The molecule has 0 fully saturated rings. The van der Waals surface area contributed by atoms with Gasteiger partial charge in [-0.15, -0.1) is 0 Å². The van der Waals surface area contributed by atoms with Crippen LogP contribution in [0.15, 0.2) is 27.6 Å². The molecular weight excluding hydrogens is 323 g/mol. The van der Waals surface area contributed by atoms with Crippen molar-refractivity contribution < 1.29 is 22.4 Å². The predicted octanol–water partition coefficient (Wildman–Crippen LogP) is 2.09. The third-order valence-corrected chi connectivity index (χ3v) is 5.73. The summed E-state index contributed by atoms with van der Waals surface area (Å²) in [6, 6.07) is 3.97. The number of aliphatic hydroxyl groups is 1. The maximum atomic E-state index is 13.1. The Kier molecular flexibility index (Phi) is 4.88. The van der Waals surface area contributed by atoms with Crippen LogP contribution in [0, 0.1) is 26.6 Å². The third kappa shape index (κ3) is 3.44. The Balaban J connectivity index is 2.26. The van der Waals surface area contributed by atoms with Gasteiger partial charge >= 0.3 is 0 Å². The van der Waals surface area contributed by atoms with Crippen molar-refractivity contribution >= 4 is 10.0 Å². The highest BCUT2D eigenvalue weighted by molar-refractivity contribution is 7.89. The molecule has 0 bridgehead atoms. The minimum absolute atomic E-state index is 0.00280. The first-order valence-electron chi connectivity index (χ1n) is 6.98. The Morgan fingerprint density at radius 2 is 2.00 bits per heavy atom. The summed E-state index contributed by atoms with van der Waals surface area (Å²) in [5.41, 5.74) is 1.30. The lowest BCUT2D eigenvalue weighted by Gasteiger charge is -2.21. The van der Waals surface area contributed by atoms with Crippen molar-refractivity contribution in [2.45, 2.75) is 31.8 Å². The summed E-state index contributed by atoms with van der Waals surface area (Å²) in [5, 5.41) is 13.9. The van der Waals surface area contributed by atoms with E-state index in [9.17, 15) is 17.9 Å². The summed E-state index contributed by atoms with van der Waals surface area (Å²) in [7, 11) is -2.47. The van der Waals surface area contributed by atoms with Gasteiger partial charge < -0.3 is 9.63 Å². The van der Waals surface area contributed by atoms with Gasteiger partial charge in [-0.25, -0.2) is 12.8 Å². The summed E-state index contributed by atoms with van der Waals surface area (Å²) >= 11 is 0. The highest BCUT2D eigenvalue weighted by Crippen LogP contribution is 2.25. The first-order chi connectivity index (χ1) is 10.6. The Morgan fingerprint density at radius 3 is 2.52 bits per heavy atom. The number of halogens is 1.